The maximum atomic E-state index is 13.7. The van der Waals surface area contributed by atoms with Crippen molar-refractivity contribution < 1.29 is 13.9 Å². The van der Waals surface area contributed by atoms with Gasteiger partial charge in [-0.15, -0.1) is 0 Å². The fourth-order valence-corrected chi connectivity index (χ4v) is 3.52. The van der Waals surface area contributed by atoms with Crippen LogP contribution in [0.15, 0.2) is 36.4 Å². The number of rotatable bonds is 5. The summed E-state index contributed by atoms with van der Waals surface area (Å²) in [5.74, 6) is 1.25. The largest absolute Gasteiger partial charge is 0.493 e. The second-order valence-electron chi connectivity index (χ2n) is 6.85. The third-order valence-corrected chi connectivity index (χ3v) is 5.30. The van der Waals surface area contributed by atoms with Gasteiger partial charge in [0.05, 0.1) is 14.2 Å². The Bertz CT molecular complexity index is 838. The summed E-state index contributed by atoms with van der Waals surface area (Å²) in [6, 6.07) is 11.1. The van der Waals surface area contributed by atoms with Crippen LogP contribution >= 0.6 is 12.2 Å². The topological polar surface area (TPSA) is 37.0 Å². The van der Waals surface area contributed by atoms with Crippen molar-refractivity contribution in [1.82, 2.24) is 9.80 Å². The number of benzene rings is 2. The standard InChI is InChI=1S/C21H26FN3O2S/c1-15-4-6-17(13-18(15)22)23-21(28)25-10-8-24(9-11-25)14-16-5-7-19(26-2)20(12-16)27-3/h4-7,12-13H,8-11,14H2,1-3H3,(H,23,28). The summed E-state index contributed by atoms with van der Waals surface area (Å²) in [6.07, 6.45) is 0. The van der Waals surface area contributed by atoms with Crippen LogP contribution in [-0.4, -0.2) is 55.3 Å². The van der Waals surface area contributed by atoms with E-state index >= 15 is 0 Å². The molecule has 0 aromatic heterocycles. The number of aryl methyl sites for hydroxylation is 1. The molecule has 0 unspecified atom stereocenters. The highest BCUT2D eigenvalue weighted by molar-refractivity contribution is 7.80. The van der Waals surface area contributed by atoms with Crippen LogP contribution in [0.2, 0.25) is 0 Å². The van der Waals surface area contributed by atoms with Crippen LogP contribution in [0, 0.1) is 12.7 Å². The molecule has 28 heavy (non-hydrogen) atoms. The average Bonchev–Trinajstić information content (AvgIpc) is 2.71. The van der Waals surface area contributed by atoms with Gasteiger partial charge in [-0.05, 0) is 54.5 Å². The van der Waals surface area contributed by atoms with Crippen LogP contribution in [0.4, 0.5) is 10.1 Å². The highest BCUT2D eigenvalue weighted by Gasteiger charge is 2.19. The van der Waals surface area contributed by atoms with E-state index in [1.165, 1.54) is 11.6 Å². The Morgan fingerprint density at radius 1 is 1.04 bits per heavy atom. The Balaban J connectivity index is 1.52. The van der Waals surface area contributed by atoms with Gasteiger partial charge in [-0.2, -0.15) is 0 Å². The monoisotopic (exact) mass is 403 g/mol. The van der Waals surface area contributed by atoms with Gasteiger partial charge in [0.15, 0.2) is 16.6 Å². The van der Waals surface area contributed by atoms with Gasteiger partial charge in [-0.25, -0.2) is 4.39 Å². The lowest BCUT2D eigenvalue weighted by Crippen LogP contribution is -2.49. The molecule has 0 amide bonds. The molecule has 3 rings (SSSR count). The van der Waals surface area contributed by atoms with Gasteiger partial charge < -0.3 is 19.7 Å². The number of nitrogens with one attached hydrogen (secondary N) is 1. The Morgan fingerprint density at radius 2 is 1.75 bits per heavy atom. The van der Waals surface area contributed by atoms with Gasteiger partial charge in [-0.3, -0.25) is 4.90 Å². The number of hydrogen-bond donors (Lipinski definition) is 1. The molecule has 150 valence electrons. The molecule has 0 spiro atoms. The normalized spacial score (nSPS) is 14.6. The minimum absolute atomic E-state index is 0.229. The second kappa shape index (κ2) is 9.21. The summed E-state index contributed by atoms with van der Waals surface area (Å²) in [4.78, 5) is 4.50. The van der Waals surface area contributed by atoms with E-state index in [-0.39, 0.29) is 5.82 Å². The van der Waals surface area contributed by atoms with E-state index in [4.69, 9.17) is 21.7 Å². The van der Waals surface area contributed by atoms with E-state index in [2.05, 4.69) is 21.2 Å². The number of methoxy groups -OCH3 is 2. The quantitative estimate of drug-likeness (QED) is 0.768. The summed E-state index contributed by atoms with van der Waals surface area (Å²) in [6.45, 7) is 6.05. The maximum absolute atomic E-state index is 13.7. The fourth-order valence-electron chi connectivity index (χ4n) is 3.22. The molecule has 5 nitrogen and oxygen atoms in total. The zero-order chi connectivity index (χ0) is 20.1. The first-order valence-corrected chi connectivity index (χ1v) is 9.66. The molecule has 1 aliphatic heterocycles. The average molecular weight is 404 g/mol. The Kier molecular flexibility index (Phi) is 6.70. The highest BCUT2D eigenvalue weighted by Crippen LogP contribution is 2.28. The van der Waals surface area contributed by atoms with Gasteiger partial charge in [-0.1, -0.05) is 12.1 Å². The number of halogens is 1. The first-order valence-electron chi connectivity index (χ1n) is 9.25. The zero-order valence-electron chi connectivity index (χ0n) is 16.5. The molecule has 1 N–H and O–H groups in total. The molecule has 2 aromatic rings. The number of nitrogens with zero attached hydrogens (tertiary/aromatic N) is 2. The number of hydrogen-bond acceptors (Lipinski definition) is 4. The maximum Gasteiger partial charge on any atom is 0.173 e. The van der Waals surface area contributed by atoms with E-state index in [9.17, 15) is 4.39 Å². The second-order valence-corrected chi connectivity index (χ2v) is 7.23. The number of ether oxygens (including phenoxy) is 2. The van der Waals surface area contributed by atoms with Crippen LogP contribution in [-0.2, 0) is 6.54 Å². The lowest BCUT2D eigenvalue weighted by molar-refractivity contribution is 0.177. The SMILES string of the molecule is COc1ccc(CN2CCN(C(=S)Nc3ccc(C)c(F)c3)CC2)cc1OC. The predicted octanol–water partition coefficient (Wildman–Crippen LogP) is 3.67. The van der Waals surface area contributed by atoms with Gasteiger partial charge in [0.1, 0.15) is 5.82 Å². The lowest BCUT2D eigenvalue weighted by atomic mass is 10.1. The summed E-state index contributed by atoms with van der Waals surface area (Å²) in [7, 11) is 3.28. The van der Waals surface area contributed by atoms with Crippen LogP contribution in [0.3, 0.4) is 0 Å². The fraction of sp³-hybridized carbons (Fsp3) is 0.381. The van der Waals surface area contributed by atoms with Crippen LogP contribution in [0.5, 0.6) is 11.5 Å². The third kappa shape index (κ3) is 4.91. The number of thiocarbonyl (C=S) groups is 1. The molecule has 1 heterocycles. The van der Waals surface area contributed by atoms with Crippen molar-refractivity contribution in [3.8, 4) is 11.5 Å². The van der Waals surface area contributed by atoms with E-state index in [0.717, 1.165) is 44.2 Å². The summed E-state index contributed by atoms with van der Waals surface area (Å²) in [5, 5.41) is 3.77. The molecule has 0 radical (unpaired) electrons. The Hall–Kier alpha value is -2.38. The molecular formula is C21H26FN3O2S. The minimum atomic E-state index is -0.229. The predicted molar refractivity (Wildman–Crippen MR) is 114 cm³/mol. The molecule has 0 bridgehead atoms. The van der Waals surface area contributed by atoms with Crippen molar-refractivity contribution in [2.45, 2.75) is 13.5 Å². The highest BCUT2D eigenvalue weighted by atomic mass is 32.1. The first kappa shape index (κ1) is 20.4. The van der Waals surface area contributed by atoms with Crippen LogP contribution < -0.4 is 14.8 Å². The van der Waals surface area contributed by atoms with Gasteiger partial charge >= 0.3 is 0 Å². The van der Waals surface area contributed by atoms with Gasteiger partial charge in [0.25, 0.3) is 0 Å². The van der Waals surface area contributed by atoms with Gasteiger partial charge in [0.2, 0.25) is 0 Å². The van der Waals surface area contributed by atoms with Crippen molar-refractivity contribution in [3.63, 3.8) is 0 Å². The minimum Gasteiger partial charge on any atom is -0.493 e. The van der Waals surface area contributed by atoms with Crippen molar-refractivity contribution in [1.29, 1.82) is 0 Å². The smallest absolute Gasteiger partial charge is 0.173 e. The number of piperazine rings is 1. The Labute approximate surface area is 171 Å². The molecule has 1 saturated heterocycles. The van der Waals surface area contributed by atoms with E-state index in [0.29, 0.717) is 16.4 Å². The first-order chi connectivity index (χ1) is 13.5. The summed E-state index contributed by atoms with van der Waals surface area (Å²) < 4.78 is 24.4. The molecule has 0 atom stereocenters. The third-order valence-electron chi connectivity index (χ3n) is 4.94. The zero-order valence-corrected chi connectivity index (χ0v) is 17.3. The Morgan fingerprint density at radius 3 is 2.39 bits per heavy atom. The molecule has 0 saturated carbocycles. The van der Waals surface area contributed by atoms with Crippen LogP contribution in [0.1, 0.15) is 11.1 Å². The molecule has 2 aromatic carbocycles. The molecule has 1 fully saturated rings. The molecule has 0 aliphatic carbocycles. The van der Waals surface area contributed by atoms with Crippen molar-refractivity contribution in [3.05, 3.63) is 53.3 Å². The van der Waals surface area contributed by atoms with Crippen LogP contribution in [0.25, 0.3) is 0 Å². The van der Waals surface area contributed by atoms with E-state index in [1.807, 2.05) is 18.2 Å². The van der Waals surface area contributed by atoms with Gasteiger partial charge in [0, 0.05) is 38.4 Å². The summed E-state index contributed by atoms with van der Waals surface area (Å²) in [5.41, 5.74) is 2.49. The van der Waals surface area contributed by atoms with E-state index in [1.54, 1.807) is 27.2 Å². The molecule has 7 heteroatoms. The van der Waals surface area contributed by atoms with Crippen molar-refractivity contribution in [2.75, 3.05) is 45.7 Å². The molecule has 1 aliphatic rings. The summed E-state index contributed by atoms with van der Waals surface area (Å²) >= 11 is 5.50. The lowest BCUT2D eigenvalue weighted by Gasteiger charge is -2.36. The number of anilines is 1. The van der Waals surface area contributed by atoms with E-state index < -0.39 is 0 Å². The van der Waals surface area contributed by atoms with Crippen molar-refractivity contribution >= 4 is 23.0 Å². The molecular weight excluding hydrogens is 377 g/mol. The van der Waals surface area contributed by atoms with Crippen molar-refractivity contribution in [2.24, 2.45) is 0 Å².